The summed E-state index contributed by atoms with van der Waals surface area (Å²) in [5.41, 5.74) is 0.0790. The van der Waals surface area contributed by atoms with Crippen LogP contribution in [0.4, 0.5) is 19.0 Å². The van der Waals surface area contributed by atoms with Crippen molar-refractivity contribution in [1.29, 1.82) is 0 Å². The topological polar surface area (TPSA) is 63.9 Å². The van der Waals surface area contributed by atoms with E-state index in [9.17, 15) is 18.0 Å². The van der Waals surface area contributed by atoms with Crippen LogP contribution in [-0.4, -0.2) is 32.2 Å². The van der Waals surface area contributed by atoms with E-state index in [2.05, 4.69) is 15.1 Å². The van der Waals surface area contributed by atoms with Gasteiger partial charge in [-0.3, -0.25) is 9.69 Å². The lowest BCUT2D eigenvalue weighted by Gasteiger charge is -2.25. The third-order valence-electron chi connectivity index (χ3n) is 4.07. The SMILES string of the molecule is O=C1c2cn(-c3ccccn3)nc2CCN1c1cc(C(F)(F)F)ccn1. The van der Waals surface area contributed by atoms with E-state index < -0.39 is 17.6 Å². The van der Waals surface area contributed by atoms with E-state index in [1.54, 1.807) is 30.6 Å². The molecule has 9 heteroatoms. The summed E-state index contributed by atoms with van der Waals surface area (Å²) in [6.45, 7) is 0.208. The molecule has 0 aliphatic carbocycles. The Morgan fingerprint density at radius 3 is 2.58 bits per heavy atom. The number of carbonyl (C=O) groups excluding carboxylic acids is 1. The van der Waals surface area contributed by atoms with Gasteiger partial charge in [-0.15, -0.1) is 0 Å². The predicted octanol–water partition coefficient (Wildman–Crippen LogP) is 2.88. The first kappa shape index (κ1) is 16.2. The summed E-state index contributed by atoms with van der Waals surface area (Å²) in [6, 6.07) is 7.06. The Morgan fingerprint density at radius 1 is 1.04 bits per heavy atom. The Hall–Kier alpha value is -3.23. The largest absolute Gasteiger partial charge is 0.416 e. The minimum atomic E-state index is -4.49. The molecule has 4 rings (SSSR count). The molecule has 0 radical (unpaired) electrons. The van der Waals surface area contributed by atoms with Crippen molar-refractivity contribution in [3.63, 3.8) is 0 Å². The number of carbonyl (C=O) groups is 1. The highest BCUT2D eigenvalue weighted by atomic mass is 19.4. The molecule has 0 unspecified atom stereocenters. The predicted molar refractivity (Wildman–Crippen MR) is 86.0 cm³/mol. The number of alkyl halides is 3. The van der Waals surface area contributed by atoms with Crippen molar-refractivity contribution in [1.82, 2.24) is 19.7 Å². The zero-order valence-electron chi connectivity index (χ0n) is 13.3. The van der Waals surface area contributed by atoms with Crippen LogP contribution < -0.4 is 4.90 Å². The third-order valence-corrected chi connectivity index (χ3v) is 4.07. The van der Waals surface area contributed by atoms with Gasteiger partial charge >= 0.3 is 6.18 Å². The van der Waals surface area contributed by atoms with Crippen LogP contribution in [0.15, 0.2) is 48.9 Å². The van der Waals surface area contributed by atoms with E-state index in [1.165, 1.54) is 9.58 Å². The first-order valence-electron chi connectivity index (χ1n) is 7.78. The van der Waals surface area contributed by atoms with Gasteiger partial charge in [-0.25, -0.2) is 14.6 Å². The number of hydrogen-bond acceptors (Lipinski definition) is 4. The highest BCUT2D eigenvalue weighted by Gasteiger charge is 2.34. The monoisotopic (exact) mass is 359 g/mol. The Morgan fingerprint density at radius 2 is 1.85 bits per heavy atom. The van der Waals surface area contributed by atoms with Crippen molar-refractivity contribution in [2.45, 2.75) is 12.6 Å². The molecule has 1 amide bonds. The lowest BCUT2D eigenvalue weighted by atomic mass is 10.1. The Labute approximate surface area is 145 Å². The van der Waals surface area contributed by atoms with Crippen molar-refractivity contribution in [3.05, 3.63) is 65.7 Å². The summed E-state index contributed by atoms with van der Waals surface area (Å²) in [6.07, 6.45) is 0.124. The third kappa shape index (κ3) is 2.81. The number of halogens is 3. The average molecular weight is 359 g/mol. The summed E-state index contributed by atoms with van der Waals surface area (Å²) >= 11 is 0. The number of fused-ring (bicyclic) bond motifs is 1. The first-order valence-corrected chi connectivity index (χ1v) is 7.78. The van der Waals surface area contributed by atoms with E-state index in [0.717, 1.165) is 18.3 Å². The van der Waals surface area contributed by atoms with E-state index in [4.69, 9.17) is 0 Å². The highest BCUT2D eigenvalue weighted by molar-refractivity contribution is 6.07. The van der Waals surface area contributed by atoms with Crippen LogP contribution in [0.1, 0.15) is 21.6 Å². The Kier molecular flexibility index (Phi) is 3.71. The molecule has 1 aliphatic rings. The summed E-state index contributed by atoms with van der Waals surface area (Å²) in [4.78, 5) is 22.1. The van der Waals surface area contributed by atoms with Gasteiger partial charge in [0.2, 0.25) is 0 Å². The zero-order chi connectivity index (χ0) is 18.3. The quantitative estimate of drug-likeness (QED) is 0.706. The molecule has 0 N–H and O–H groups in total. The van der Waals surface area contributed by atoms with Crippen LogP contribution in [0.3, 0.4) is 0 Å². The van der Waals surface area contributed by atoms with Crippen LogP contribution in [0.2, 0.25) is 0 Å². The van der Waals surface area contributed by atoms with E-state index >= 15 is 0 Å². The normalized spacial score (nSPS) is 14.4. The summed E-state index contributed by atoms with van der Waals surface area (Å²) in [5.74, 6) is 0.0970. The number of pyridine rings is 2. The van der Waals surface area contributed by atoms with Crippen molar-refractivity contribution in [3.8, 4) is 5.82 Å². The maximum Gasteiger partial charge on any atom is 0.416 e. The van der Waals surface area contributed by atoms with Gasteiger partial charge in [-0.2, -0.15) is 18.3 Å². The molecule has 1 aliphatic heterocycles. The lowest BCUT2D eigenvalue weighted by Crippen LogP contribution is -2.38. The van der Waals surface area contributed by atoms with Gasteiger partial charge in [0.25, 0.3) is 5.91 Å². The minimum Gasteiger partial charge on any atom is -0.292 e. The maximum absolute atomic E-state index is 12.9. The van der Waals surface area contributed by atoms with Gasteiger partial charge in [-0.05, 0) is 24.3 Å². The van der Waals surface area contributed by atoms with Gasteiger partial charge in [-0.1, -0.05) is 6.07 Å². The van der Waals surface area contributed by atoms with Crippen molar-refractivity contribution >= 4 is 11.7 Å². The summed E-state index contributed by atoms with van der Waals surface area (Å²) in [5, 5.41) is 4.36. The van der Waals surface area contributed by atoms with Gasteiger partial charge in [0, 0.05) is 31.6 Å². The highest BCUT2D eigenvalue weighted by Crippen LogP contribution is 2.32. The fraction of sp³-hybridized carbons (Fsp3) is 0.176. The smallest absolute Gasteiger partial charge is 0.292 e. The van der Waals surface area contributed by atoms with E-state index in [1.807, 2.05) is 0 Å². The fourth-order valence-electron chi connectivity index (χ4n) is 2.81. The molecule has 0 fully saturated rings. The minimum absolute atomic E-state index is 0.0268. The Balaban J connectivity index is 1.68. The number of nitrogens with zero attached hydrogens (tertiary/aromatic N) is 5. The van der Waals surface area contributed by atoms with E-state index in [-0.39, 0.29) is 12.4 Å². The number of hydrogen-bond donors (Lipinski definition) is 0. The van der Waals surface area contributed by atoms with Gasteiger partial charge in [0.1, 0.15) is 5.82 Å². The summed E-state index contributed by atoms with van der Waals surface area (Å²) < 4.78 is 40.2. The number of anilines is 1. The van der Waals surface area contributed by atoms with Crippen LogP contribution >= 0.6 is 0 Å². The molecule has 0 saturated carbocycles. The lowest BCUT2D eigenvalue weighted by molar-refractivity contribution is -0.137. The molecule has 26 heavy (non-hydrogen) atoms. The summed E-state index contributed by atoms with van der Waals surface area (Å²) in [7, 11) is 0. The molecule has 3 aromatic rings. The fourth-order valence-corrected chi connectivity index (χ4v) is 2.81. The molecule has 6 nitrogen and oxygen atoms in total. The average Bonchev–Trinajstić information content (AvgIpc) is 3.07. The maximum atomic E-state index is 12.9. The number of amides is 1. The van der Waals surface area contributed by atoms with Crippen LogP contribution in [0, 0.1) is 0 Å². The van der Waals surface area contributed by atoms with E-state index in [0.29, 0.717) is 23.5 Å². The molecule has 132 valence electrons. The van der Waals surface area contributed by atoms with Crippen molar-refractivity contribution in [2.75, 3.05) is 11.4 Å². The van der Waals surface area contributed by atoms with Crippen LogP contribution in [0.5, 0.6) is 0 Å². The number of rotatable bonds is 2. The van der Waals surface area contributed by atoms with Gasteiger partial charge in [0.15, 0.2) is 5.82 Å². The van der Waals surface area contributed by atoms with Crippen LogP contribution in [0.25, 0.3) is 5.82 Å². The second kappa shape index (κ2) is 5.94. The van der Waals surface area contributed by atoms with Gasteiger partial charge < -0.3 is 0 Å². The zero-order valence-corrected chi connectivity index (χ0v) is 13.3. The molecule has 0 saturated heterocycles. The molecule has 0 spiro atoms. The number of aromatic nitrogens is 4. The molecule has 0 bridgehead atoms. The van der Waals surface area contributed by atoms with Crippen molar-refractivity contribution in [2.24, 2.45) is 0 Å². The Bertz CT molecular complexity index is 968. The van der Waals surface area contributed by atoms with Crippen molar-refractivity contribution < 1.29 is 18.0 Å². The molecule has 3 aromatic heterocycles. The molecule has 0 atom stereocenters. The molecule has 4 heterocycles. The van der Waals surface area contributed by atoms with Crippen LogP contribution in [-0.2, 0) is 12.6 Å². The molecular weight excluding hydrogens is 347 g/mol. The first-order chi connectivity index (χ1) is 12.4. The molecule has 0 aromatic carbocycles. The molecular formula is C17H12F3N5O. The second-order valence-corrected chi connectivity index (χ2v) is 5.73. The standard InChI is InChI=1S/C17H12F3N5O/c18-17(19,20)11-4-7-22-15(9-11)24-8-5-13-12(16(24)26)10-25(23-13)14-3-1-2-6-21-14/h1-4,6-7,9-10H,5,8H2. The van der Waals surface area contributed by atoms with Gasteiger partial charge in [0.05, 0.1) is 16.8 Å². The second-order valence-electron chi connectivity index (χ2n) is 5.73.